The van der Waals surface area contributed by atoms with Gasteiger partial charge in [-0.15, -0.1) is 0 Å². The van der Waals surface area contributed by atoms with Crippen molar-refractivity contribution in [2.24, 2.45) is 0 Å². The van der Waals surface area contributed by atoms with E-state index < -0.39 is 0 Å². The zero-order valence-corrected chi connectivity index (χ0v) is 18.2. The van der Waals surface area contributed by atoms with Crippen molar-refractivity contribution in [2.75, 3.05) is 41.8 Å². The van der Waals surface area contributed by atoms with E-state index in [1.54, 1.807) is 12.4 Å². The molecule has 0 atom stereocenters. The lowest BCUT2D eigenvalue weighted by Crippen LogP contribution is -2.37. The number of halogens is 1. The maximum atomic E-state index is 6.09. The molecule has 5 rings (SSSR count). The van der Waals surface area contributed by atoms with Crippen molar-refractivity contribution in [1.82, 2.24) is 15.0 Å². The molecule has 1 aliphatic heterocycles. The average Bonchev–Trinajstić information content (AvgIpc) is 2.84. The molecule has 162 valence electrons. The minimum absolute atomic E-state index is 0.677. The third-order valence-electron chi connectivity index (χ3n) is 5.35. The molecule has 0 saturated carbocycles. The Balaban J connectivity index is 1.23. The van der Waals surface area contributed by atoms with E-state index in [1.165, 1.54) is 0 Å². The SMILES string of the molecule is Clc1ccc2c(Nc3ccc(CNc4ccnc(N5CCOCC5)n4)cc3)ccnc2c1. The summed E-state index contributed by atoms with van der Waals surface area (Å²) in [5.41, 5.74) is 4.03. The molecular formula is C24H23ClN6O. The van der Waals surface area contributed by atoms with Crippen molar-refractivity contribution in [3.8, 4) is 0 Å². The normalized spacial score (nSPS) is 13.8. The average molecular weight is 447 g/mol. The molecule has 1 aliphatic rings. The molecule has 0 aliphatic carbocycles. The molecule has 2 aromatic heterocycles. The van der Waals surface area contributed by atoms with Crippen LogP contribution < -0.4 is 15.5 Å². The molecule has 2 aromatic carbocycles. The van der Waals surface area contributed by atoms with Gasteiger partial charge in [0.15, 0.2) is 0 Å². The molecule has 0 amide bonds. The number of nitrogens with one attached hydrogen (secondary N) is 2. The second-order valence-electron chi connectivity index (χ2n) is 7.54. The lowest BCUT2D eigenvalue weighted by Gasteiger charge is -2.26. The number of morpholine rings is 1. The minimum atomic E-state index is 0.677. The standard InChI is InChI=1S/C24H23ClN6O/c25-18-3-6-20-21(7-9-26-22(20)15-18)29-19-4-1-17(2-5-19)16-28-23-8-10-27-24(30-23)31-11-13-32-14-12-31/h1-10,15H,11-14,16H2,(H,26,29)(H,27,28,30). The summed E-state index contributed by atoms with van der Waals surface area (Å²) in [4.78, 5) is 15.6. The van der Waals surface area contributed by atoms with E-state index in [9.17, 15) is 0 Å². The quantitative estimate of drug-likeness (QED) is 0.437. The molecule has 1 saturated heterocycles. The molecule has 0 radical (unpaired) electrons. The first-order valence-electron chi connectivity index (χ1n) is 10.5. The Bertz CT molecular complexity index is 1210. The minimum Gasteiger partial charge on any atom is -0.378 e. The van der Waals surface area contributed by atoms with Crippen molar-refractivity contribution >= 4 is 45.6 Å². The first-order chi connectivity index (χ1) is 15.7. The Morgan fingerprint density at radius 1 is 0.938 bits per heavy atom. The van der Waals surface area contributed by atoms with Crippen molar-refractivity contribution in [2.45, 2.75) is 6.54 Å². The molecule has 1 fully saturated rings. The van der Waals surface area contributed by atoms with Crippen LogP contribution in [-0.4, -0.2) is 41.3 Å². The number of ether oxygens (including phenoxy) is 1. The highest BCUT2D eigenvalue weighted by molar-refractivity contribution is 6.31. The molecule has 0 spiro atoms. The first kappa shape index (κ1) is 20.5. The van der Waals surface area contributed by atoms with E-state index in [0.29, 0.717) is 24.8 Å². The lowest BCUT2D eigenvalue weighted by molar-refractivity contribution is 0.122. The van der Waals surface area contributed by atoms with E-state index in [1.807, 2.05) is 30.3 Å². The first-order valence-corrected chi connectivity index (χ1v) is 10.9. The fourth-order valence-electron chi connectivity index (χ4n) is 3.65. The molecule has 0 bridgehead atoms. The molecule has 2 N–H and O–H groups in total. The van der Waals surface area contributed by atoms with Crippen LogP contribution in [-0.2, 0) is 11.3 Å². The van der Waals surface area contributed by atoms with Crippen LogP contribution in [0.2, 0.25) is 5.02 Å². The van der Waals surface area contributed by atoms with Gasteiger partial charge in [0, 0.05) is 53.8 Å². The summed E-state index contributed by atoms with van der Waals surface area (Å²) in [7, 11) is 0. The second-order valence-corrected chi connectivity index (χ2v) is 7.97. The fraction of sp³-hybridized carbons (Fsp3) is 0.208. The summed E-state index contributed by atoms with van der Waals surface area (Å²) >= 11 is 6.09. The molecular weight excluding hydrogens is 424 g/mol. The van der Waals surface area contributed by atoms with Gasteiger partial charge in [-0.3, -0.25) is 4.98 Å². The predicted molar refractivity (Wildman–Crippen MR) is 129 cm³/mol. The van der Waals surface area contributed by atoms with Crippen LogP contribution in [0.15, 0.2) is 67.0 Å². The van der Waals surface area contributed by atoms with Crippen molar-refractivity contribution in [1.29, 1.82) is 0 Å². The summed E-state index contributed by atoms with van der Waals surface area (Å²) in [6, 6.07) is 17.9. The van der Waals surface area contributed by atoms with Crippen LogP contribution in [0.25, 0.3) is 10.9 Å². The van der Waals surface area contributed by atoms with Gasteiger partial charge in [0.25, 0.3) is 0 Å². The smallest absolute Gasteiger partial charge is 0.227 e. The molecule has 4 aromatic rings. The van der Waals surface area contributed by atoms with Crippen LogP contribution in [0.5, 0.6) is 0 Å². The van der Waals surface area contributed by atoms with E-state index in [4.69, 9.17) is 16.3 Å². The van der Waals surface area contributed by atoms with Gasteiger partial charge in [-0.05, 0) is 48.0 Å². The lowest BCUT2D eigenvalue weighted by atomic mass is 10.1. The Kier molecular flexibility index (Phi) is 6.00. The number of pyridine rings is 1. The summed E-state index contributed by atoms with van der Waals surface area (Å²) in [6.45, 7) is 3.74. The Morgan fingerprint density at radius 3 is 2.59 bits per heavy atom. The van der Waals surface area contributed by atoms with Crippen LogP contribution >= 0.6 is 11.6 Å². The number of fused-ring (bicyclic) bond motifs is 1. The highest BCUT2D eigenvalue weighted by Gasteiger charge is 2.13. The van der Waals surface area contributed by atoms with Gasteiger partial charge >= 0.3 is 0 Å². The van der Waals surface area contributed by atoms with Crippen LogP contribution in [0, 0.1) is 0 Å². The van der Waals surface area contributed by atoms with E-state index in [2.05, 4.69) is 54.8 Å². The number of rotatable bonds is 6. The van der Waals surface area contributed by atoms with E-state index >= 15 is 0 Å². The highest BCUT2D eigenvalue weighted by atomic mass is 35.5. The van der Waals surface area contributed by atoms with Crippen molar-refractivity contribution in [3.05, 3.63) is 77.6 Å². The van der Waals surface area contributed by atoms with Crippen LogP contribution in [0.1, 0.15) is 5.56 Å². The maximum absolute atomic E-state index is 6.09. The molecule has 0 unspecified atom stereocenters. The molecule has 32 heavy (non-hydrogen) atoms. The molecule has 3 heterocycles. The van der Waals surface area contributed by atoms with Gasteiger partial charge in [0.2, 0.25) is 5.95 Å². The summed E-state index contributed by atoms with van der Waals surface area (Å²) in [5, 5.41) is 8.57. The second kappa shape index (κ2) is 9.38. The van der Waals surface area contributed by atoms with Gasteiger partial charge in [0.1, 0.15) is 5.82 Å². The van der Waals surface area contributed by atoms with Gasteiger partial charge in [-0.25, -0.2) is 4.98 Å². The van der Waals surface area contributed by atoms with Crippen molar-refractivity contribution < 1.29 is 4.74 Å². The molecule has 8 heteroatoms. The summed E-state index contributed by atoms with van der Waals surface area (Å²) < 4.78 is 5.40. The summed E-state index contributed by atoms with van der Waals surface area (Å²) in [5.74, 6) is 1.55. The Hall–Kier alpha value is -3.42. The topological polar surface area (TPSA) is 75.2 Å². The number of hydrogen-bond donors (Lipinski definition) is 2. The van der Waals surface area contributed by atoms with Gasteiger partial charge in [0.05, 0.1) is 18.7 Å². The molecule has 7 nitrogen and oxygen atoms in total. The maximum Gasteiger partial charge on any atom is 0.227 e. The zero-order valence-electron chi connectivity index (χ0n) is 17.5. The van der Waals surface area contributed by atoms with Gasteiger partial charge < -0.3 is 20.3 Å². The Morgan fingerprint density at radius 2 is 1.75 bits per heavy atom. The van der Waals surface area contributed by atoms with E-state index in [0.717, 1.165) is 52.7 Å². The van der Waals surface area contributed by atoms with Crippen LogP contribution in [0.4, 0.5) is 23.1 Å². The van der Waals surface area contributed by atoms with Gasteiger partial charge in [-0.2, -0.15) is 4.98 Å². The third kappa shape index (κ3) is 4.74. The number of benzene rings is 2. The zero-order chi connectivity index (χ0) is 21.8. The largest absolute Gasteiger partial charge is 0.378 e. The van der Waals surface area contributed by atoms with Crippen molar-refractivity contribution in [3.63, 3.8) is 0 Å². The number of anilines is 4. The van der Waals surface area contributed by atoms with Gasteiger partial charge in [-0.1, -0.05) is 23.7 Å². The monoisotopic (exact) mass is 446 g/mol. The predicted octanol–water partition coefficient (Wildman–Crippen LogP) is 4.87. The highest BCUT2D eigenvalue weighted by Crippen LogP contribution is 2.27. The summed E-state index contributed by atoms with van der Waals surface area (Å²) in [6.07, 6.45) is 3.57. The Labute approximate surface area is 191 Å². The third-order valence-corrected chi connectivity index (χ3v) is 5.58. The number of nitrogens with zero attached hydrogens (tertiary/aromatic N) is 4. The van der Waals surface area contributed by atoms with E-state index in [-0.39, 0.29) is 0 Å². The fourth-order valence-corrected chi connectivity index (χ4v) is 3.81. The number of hydrogen-bond acceptors (Lipinski definition) is 7. The van der Waals surface area contributed by atoms with Crippen LogP contribution in [0.3, 0.4) is 0 Å². The number of aromatic nitrogens is 3.